The van der Waals surface area contributed by atoms with Gasteiger partial charge in [-0.1, -0.05) is 0 Å². The van der Waals surface area contributed by atoms with Crippen molar-refractivity contribution in [3.63, 3.8) is 0 Å². The molecular weight excluding hydrogens is 190 g/mol. The predicted octanol–water partition coefficient (Wildman–Crippen LogP) is 1.81. The number of nitriles is 1. The molecule has 0 fully saturated rings. The minimum absolute atomic E-state index is 0.0825. The summed E-state index contributed by atoms with van der Waals surface area (Å²) in [5.74, 6) is 0.456. The highest BCUT2D eigenvalue weighted by atomic mass is 16.1. The zero-order chi connectivity index (χ0) is 11.6. The van der Waals surface area contributed by atoms with E-state index in [9.17, 15) is 4.79 Å². The first kappa shape index (κ1) is 11.2. The largest absolute Gasteiger partial charge is 0.373 e. The van der Waals surface area contributed by atoms with Crippen LogP contribution < -0.4 is 5.32 Å². The molecule has 0 spiro atoms. The summed E-state index contributed by atoms with van der Waals surface area (Å²) < 4.78 is 0. The molecule has 1 aromatic rings. The van der Waals surface area contributed by atoms with Crippen LogP contribution in [0.5, 0.6) is 0 Å². The van der Waals surface area contributed by atoms with Gasteiger partial charge >= 0.3 is 0 Å². The summed E-state index contributed by atoms with van der Waals surface area (Å²) >= 11 is 0. The van der Waals surface area contributed by atoms with E-state index in [2.05, 4.69) is 16.4 Å². The number of aryl methyl sites for hydroxylation is 1. The number of carbonyl (C=O) groups excluding carboxylic acids is 1. The SMILES string of the molecule is CNc1nc(C)c(C#N)c(C)c1C(C)=O. The fourth-order valence-electron chi connectivity index (χ4n) is 1.63. The summed E-state index contributed by atoms with van der Waals surface area (Å²) in [6.45, 7) is 5.00. The smallest absolute Gasteiger partial charge is 0.163 e. The first-order valence-corrected chi connectivity index (χ1v) is 4.62. The number of hydrogen-bond acceptors (Lipinski definition) is 4. The van der Waals surface area contributed by atoms with Crippen LogP contribution in [0, 0.1) is 25.2 Å². The lowest BCUT2D eigenvalue weighted by Crippen LogP contribution is -2.09. The van der Waals surface area contributed by atoms with Crippen LogP contribution in [0.15, 0.2) is 0 Å². The van der Waals surface area contributed by atoms with Gasteiger partial charge in [0.25, 0.3) is 0 Å². The molecule has 0 aliphatic carbocycles. The highest BCUT2D eigenvalue weighted by molar-refractivity contribution is 6.00. The van der Waals surface area contributed by atoms with Gasteiger partial charge in [0.1, 0.15) is 11.9 Å². The highest BCUT2D eigenvalue weighted by Gasteiger charge is 2.16. The quantitative estimate of drug-likeness (QED) is 0.744. The maximum atomic E-state index is 11.4. The number of pyridine rings is 1. The first-order chi connectivity index (χ1) is 7.02. The van der Waals surface area contributed by atoms with Crippen molar-refractivity contribution in [3.05, 3.63) is 22.4 Å². The second-order valence-corrected chi connectivity index (χ2v) is 3.34. The van der Waals surface area contributed by atoms with Gasteiger partial charge in [-0.15, -0.1) is 0 Å². The number of hydrogen-bond donors (Lipinski definition) is 1. The number of nitrogens with zero attached hydrogens (tertiary/aromatic N) is 2. The van der Waals surface area contributed by atoms with Crippen molar-refractivity contribution in [1.82, 2.24) is 4.98 Å². The third-order valence-electron chi connectivity index (χ3n) is 2.33. The van der Waals surface area contributed by atoms with E-state index in [4.69, 9.17) is 5.26 Å². The van der Waals surface area contributed by atoms with E-state index < -0.39 is 0 Å². The van der Waals surface area contributed by atoms with Crippen LogP contribution in [0.3, 0.4) is 0 Å². The van der Waals surface area contributed by atoms with E-state index >= 15 is 0 Å². The van der Waals surface area contributed by atoms with Crippen LogP contribution in [0.2, 0.25) is 0 Å². The fraction of sp³-hybridized carbons (Fsp3) is 0.364. The third-order valence-corrected chi connectivity index (χ3v) is 2.33. The van der Waals surface area contributed by atoms with Gasteiger partial charge in [-0.3, -0.25) is 4.79 Å². The molecule has 1 rings (SSSR count). The second-order valence-electron chi connectivity index (χ2n) is 3.34. The molecule has 0 atom stereocenters. The average Bonchev–Trinajstić information content (AvgIpc) is 2.16. The molecule has 0 aliphatic rings. The van der Waals surface area contributed by atoms with E-state index in [1.807, 2.05) is 0 Å². The van der Waals surface area contributed by atoms with Gasteiger partial charge in [-0.05, 0) is 26.3 Å². The van der Waals surface area contributed by atoms with E-state index in [1.165, 1.54) is 6.92 Å². The number of Topliss-reactive ketones (excluding diaryl/α,β-unsaturated/α-hetero) is 1. The lowest BCUT2D eigenvalue weighted by molar-refractivity contribution is 0.101. The normalized spacial score (nSPS) is 9.53. The lowest BCUT2D eigenvalue weighted by Gasteiger charge is -2.11. The molecule has 0 aliphatic heterocycles. The van der Waals surface area contributed by atoms with Crippen molar-refractivity contribution in [2.75, 3.05) is 12.4 Å². The standard InChI is InChI=1S/C11H13N3O/c1-6-9(5-12)7(2)14-11(13-4)10(6)8(3)15/h1-4H3,(H,13,14). The molecule has 0 saturated carbocycles. The number of anilines is 1. The summed E-state index contributed by atoms with van der Waals surface area (Å²) in [7, 11) is 1.71. The second kappa shape index (κ2) is 4.09. The summed E-state index contributed by atoms with van der Waals surface area (Å²) in [6.07, 6.45) is 0. The molecule has 0 amide bonds. The Kier molecular flexibility index (Phi) is 3.05. The van der Waals surface area contributed by atoms with E-state index in [-0.39, 0.29) is 5.78 Å². The molecule has 15 heavy (non-hydrogen) atoms. The summed E-state index contributed by atoms with van der Waals surface area (Å²) in [5.41, 5.74) is 2.32. The molecule has 78 valence electrons. The maximum Gasteiger partial charge on any atom is 0.163 e. The molecule has 1 N–H and O–H groups in total. The van der Waals surface area contributed by atoms with Crippen molar-refractivity contribution >= 4 is 11.6 Å². The van der Waals surface area contributed by atoms with Crippen molar-refractivity contribution in [1.29, 1.82) is 5.26 Å². The van der Waals surface area contributed by atoms with Gasteiger partial charge in [0.05, 0.1) is 16.8 Å². The Labute approximate surface area is 88.9 Å². The lowest BCUT2D eigenvalue weighted by atomic mass is 10.0. The summed E-state index contributed by atoms with van der Waals surface area (Å²) in [5, 5.41) is 11.8. The minimum Gasteiger partial charge on any atom is -0.373 e. The molecule has 0 saturated heterocycles. The Morgan fingerprint density at radius 2 is 2.07 bits per heavy atom. The van der Waals surface area contributed by atoms with E-state index in [0.29, 0.717) is 28.2 Å². The van der Waals surface area contributed by atoms with Crippen molar-refractivity contribution in [2.24, 2.45) is 0 Å². The molecule has 0 unspecified atom stereocenters. The van der Waals surface area contributed by atoms with Crippen LogP contribution in [0.1, 0.15) is 34.1 Å². The van der Waals surface area contributed by atoms with Gasteiger partial charge in [0.15, 0.2) is 5.78 Å². The number of nitrogens with one attached hydrogen (secondary N) is 1. The van der Waals surface area contributed by atoms with Gasteiger partial charge < -0.3 is 5.32 Å². The zero-order valence-corrected chi connectivity index (χ0v) is 9.30. The van der Waals surface area contributed by atoms with Crippen molar-refractivity contribution < 1.29 is 4.79 Å². The van der Waals surface area contributed by atoms with Crippen molar-refractivity contribution in [3.8, 4) is 6.07 Å². The molecular formula is C11H13N3O. The predicted molar refractivity (Wildman–Crippen MR) is 58.0 cm³/mol. The van der Waals surface area contributed by atoms with Crippen molar-refractivity contribution in [2.45, 2.75) is 20.8 Å². The Balaban J connectivity index is 3.62. The van der Waals surface area contributed by atoms with Gasteiger partial charge in [0, 0.05) is 7.05 Å². The van der Waals surface area contributed by atoms with Crippen LogP contribution in [-0.4, -0.2) is 17.8 Å². The first-order valence-electron chi connectivity index (χ1n) is 4.62. The minimum atomic E-state index is -0.0825. The summed E-state index contributed by atoms with van der Waals surface area (Å²) in [4.78, 5) is 15.6. The van der Waals surface area contributed by atoms with Crippen LogP contribution >= 0.6 is 0 Å². The topological polar surface area (TPSA) is 65.8 Å². The number of carbonyl (C=O) groups is 1. The van der Waals surface area contributed by atoms with Crippen LogP contribution in [0.4, 0.5) is 5.82 Å². The molecule has 0 bridgehead atoms. The number of rotatable bonds is 2. The highest BCUT2D eigenvalue weighted by Crippen LogP contribution is 2.22. The summed E-state index contributed by atoms with van der Waals surface area (Å²) in [6, 6.07) is 2.07. The number of ketones is 1. The van der Waals surface area contributed by atoms with Gasteiger partial charge in [0.2, 0.25) is 0 Å². The Bertz CT molecular complexity index is 458. The van der Waals surface area contributed by atoms with Gasteiger partial charge in [-0.2, -0.15) is 5.26 Å². The molecule has 4 heteroatoms. The maximum absolute atomic E-state index is 11.4. The van der Waals surface area contributed by atoms with Gasteiger partial charge in [-0.25, -0.2) is 4.98 Å². The molecule has 1 aromatic heterocycles. The number of aromatic nitrogens is 1. The average molecular weight is 203 g/mol. The Morgan fingerprint density at radius 1 is 1.47 bits per heavy atom. The molecule has 4 nitrogen and oxygen atoms in total. The molecule has 0 radical (unpaired) electrons. The Hall–Kier alpha value is -1.89. The molecule has 1 heterocycles. The van der Waals surface area contributed by atoms with E-state index in [1.54, 1.807) is 20.9 Å². The monoisotopic (exact) mass is 203 g/mol. The molecule has 0 aromatic carbocycles. The zero-order valence-electron chi connectivity index (χ0n) is 9.30. The van der Waals surface area contributed by atoms with E-state index in [0.717, 1.165) is 0 Å². The van der Waals surface area contributed by atoms with Crippen LogP contribution in [0.25, 0.3) is 0 Å². The van der Waals surface area contributed by atoms with Crippen LogP contribution in [-0.2, 0) is 0 Å². The Morgan fingerprint density at radius 3 is 2.47 bits per heavy atom. The third kappa shape index (κ3) is 1.82. The fourth-order valence-corrected chi connectivity index (χ4v) is 1.63.